The monoisotopic (exact) mass is 1030 g/mol. The largest absolute Gasteiger partial charge is 0.486 e. The van der Waals surface area contributed by atoms with E-state index in [1.165, 1.54) is 53.1 Å². The molecule has 0 N–H and O–H groups in total. The van der Waals surface area contributed by atoms with Crippen molar-refractivity contribution in [2.45, 2.75) is 72.5 Å². The normalized spacial score (nSPS) is 12.7. The van der Waals surface area contributed by atoms with Gasteiger partial charge in [0.05, 0.1) is 41.7 Å². The number of imidazole rings is 1. The first kappa shape index (κ1) is 43.2. The van der Waals surface area contributed by atoms with Crippen molar-refractivity contribution >= 4 is 57.3 Å². The molecule has 0 atom stereocenters. The molecule has 11 rings (SSSR count). The molecule has 0 spiro atoms. The zero-order chi connectivity index (χ0) is 43.2. The van der Waals surface area contributed by atoms with Gasteiger partial charge in [0.2, 0.25) is 5.71 Å². The first-order valence-corrected chi connectivity index (χ1v) is 25.8. The fourth-order valence-electron chi connectivity index (χ4n) is 9.17. The van der Waals surface area contributed by atoms with E-state index in [2.05, 4.69) is 111 Å². The summed E-state index contributed by atoms with van der Waals surface area (Å²) in [4.78, 5) is 19.6. The summed E-state index contributed by atoms with van der Waals surface area (Å²) in [5, 5.41) is 4.51. The molecule has 0 unspecified atom stereocenters. The molecule has 321 valence electrons. The van der Waals surface area contributed by atoms with Crippen LogP contribution in [0.4, 0.5) is 0 Å². The van der Waals surface area contributed by atoms with E-state index >= 15 is 0 Å². The molecular weight excluding hydrogens is 979 g/mol. The summed E-state index contributed by atoms with van der Waals surface area (Å²) in [5.41, 5.74) is 15.6. The Hall–Kier alpha value is -6.05. The van der Waals surface area contributed by atoms with Crippen LogP contribution in [0.1, 0.15) is 49.1 Å². The molecule has 1 aliphatic carbocycles. The predicted octanol–water partition coefficient (Wildman–Crippen LogP) is 13.5. The average Bonchev–Trinajstić information content (AvgIpc) is 3.88. The van der Waals surface area contributed by atoms with E-state index in [1.807, 2.05) is 79.7 Å². The maximum absolute atomic E-state index is 6.48. The number of hydrogen-bond donors (Lipinski definition) is 0. The van der Waals surface area contributed by atoms with Gasteiger partial charge in [-0.15, -0.1) is 53.1 Å². The number of nitrogens with zero attached hydrogens (tertiary/aromatic N) is 5. The molecule has 5 aromatic heterocycles. The Kier molecular flexibility index (Phi) is 12.0. The minimum Gasteiger partial charge on any atom is -0.486 e. The summed E-state index contributed by atoms with van der Waals surface area (Å²) in [6.45, 7) is 13.9. The first-order valence-electron chi connectivity index (χ1n) is 22.3. The minimum absolute atomic E-state index is 0. The van der Waals surface area contributed by atoms with Crippen LogP contribution in [0.3, 0.4) is 0 Å². The molecule has 5 heterocycles. The van der Waals surface area contributed by atoms with Crippen molar-refractivity contribution in [1.82, 2.24) is 24.5 Å². The Bertz CT molecular complexity index is 3300. The SMILES string of the molecule is CC(C)Cc1cc(-c2[c-]cc3c(c2)CCCC3)ncc1[Si](C)(C)C.Cc1ccc2c(ccc3nc(-c4[c-]ccc5c4oc4nc(-c6ccccc6)ccc45)n(-c4ccccc4)c32)n1.[Ir]. The summed E-state index contributed by atoms with van der Waals surface area (Å²) in [7, 11) is -1.36. The van der Waals surface area contributed by atoms with Gasteiger partial charge in [-0.1, -0.05) is 124 Å². The van der Waals surface area contributed by atoms with Gasteiger partial charge in [-0.05, 0) is 85.1 Å². The summed E-state index contributed by atoms with van der Waals surface area (Å²) in [5.74, 6) is 1.43. The number of benzene rings is 5. The first-order chi connectivity index (χ1) is 30.6. The molecule has 8 heteroatoms. The summed E-state index contributed by atoms with van der Waals surface area (Å²) < 4.78 is 8.67. The van der Waals surface area contributed by atoms with Gasteiger partial charge in [-0.2, -0.15) is 0 Å². The molecular formula is C56H51IrN5OSi-2. The standard InChI is InChI=1S/C34H21N4O.C22H30NSi.Ir/c1-21-15-16-26-29(35-21)19-20-30-31(26)38(23-11-6-3-7-12-23)33(36-30)27-14-8-13-24-25-17-18-28(22-9-4-2-5-10-22)37-34(25)39-32(24)27;1-16(2)12-20-14-21(23-15-22(20)24(3,4)5)19-11-10-17-8-6-7-9-18(17)13-19;/h2-13,15-20H,1H3;10,13-16H,6-9,12H2,1-5H3;/q2*-1;. The van der Waals surface area contributed by atoms with E-state index in [4.69, 9.17) is 24.4 Å². The van der Waals surface area contributed by atoms with Crippen LogP contribution in [-0.2, 0) is 39.4 Å². The van der Waals surface area contributed by atoms with Crippen LogP contribution >= 0.6 is 0 Å². The van der Waals surface area contributed by atoms with Crippen molar-refractivity contribution in [3.63, 3.8) is 0 Å². The Labute approximate surface area is 390 Å². The molecule has 6 nitrogen and oxygen atoms in total. The molecule has 0 aliphatic heterocycles. The number of para-hydroxylation sites is 1. The van der Waals surface area contributed by atoms with Gasteiger partial charge in [0.15, 0.2) is 0 Å². The van der Waals surface area contributed by atoms with Crippen LogP contribution in [0.15, 0.2) is 138 Å². The van der Waals surface area contributed by atoms with E-state index in [-0.39, 0.29) is 20.1 Å². The molecule has 1 radical (unpaired) electrons. The number of rotatable bonds is 7. The molecule has 10 aromatic rings. The van der Waals surface area contributed by atoms with E-state index in [0.717, 1.165) is 84.4 Å². The number of fused-ring (bicyclic) bond motifs is 7. The third-order valence-corrected chi connectivity index (χ3v) is 14.3. The van der Waals surface area contributed by atoms with Crippen molar-refractivity contribution < 1.29 is 24.5 Å². The second-order valence-corrected chi connectivity index (χ2v) is 23.4. The van der Waals surface area contributed by atoms with Crippen molar-refractivity contribution in [3.8, 4) is 39.6 Å². The Balaban J connectivity index is 0.000000179. The number of aromatic nitrogens is 5. The molecule has 0 fully saturated rings. The van der Waals surface area contributed by atoms with Crippen LogP contribution in [-0.4, -0.2) is 32.6 Å². The van der Waals surface area contributed by atoms with Crippen LogP contribution in [0.2, 0.25) is 19.6 Å². The van der Waals surface area contributed by atoms with Crippen molar-refractivity contribution in [2.75, 3.05) is 0 Å². The molecule has 0 saturated carbocycles. The van der Waals surface area contributed by atoms with E-state index in [0.29, 0.717) is 11.6 Å². The van der Waals surface area contributed by atoms with Crippen molar-refractivity contribution in [1.29, 1.82) is 0 Å². The number of aryl methyl sites for hydroxylation is 3. The Morgan fingerprint density at radius 3 is 2.22 bits per heavy atom. The number of hydrogen-bond acceptors (Lipinski definition) is 5. The third kappa shape index (κ3) is 8.38. The van der Waals surface area contributed by atoms with E-state index in [9.17, 15) is 0 Å². The molecule has 0 bridgehead atoms. The summed E-state index contributed by atoms with van der Waals surface area (Å²) in [6, 6.07) is 50.6. The maximum atomic E-state index is 6.48. The van der Waals surface area contributed by atoms with Crippen LogP contribution in [0, 0.1) is 25.0 Å². The molecule has 64 heavy (non-hydrogen) atoms. The molecule has 5 aromatic carbocycles. The third-order valence-electron chi connectivity index (χ3n) is 12.2. The van der Waals surface area contributed by atoms with Gasteiger partial charge in [0.1, 0.15) is 0 Å². The van der Waals surface area contributed by atoms with Gasteiger partial charge in [0.25, 0.3) is 0 Å². The van der Waals surface area contributed by atoms with Crippen LogP contribution in [0.5, 0.6) is 0 Å². The molecule has 0 amide bonds. The van der Waals surface area contributed by atoms with Crippen LogP contribution < -0.4 is 5.19 Å². The van der Waals surface area contributed by atoms with E-state index in [1.54, 1.807) is 0 Å². The zero-order valence-electron chi connectivity index (χ0n) is 37.3. The summed E-state index contributed by atoms with van der Waals surface area (Å²) in [6.07, 6.45) is 8.36. The number of pyridine rings is 3. The molecule has 1 aliphatic rings. The fraction of sp³-hybridized carbons (Fsp3) is 0.214. The fourth-order valence-corrected chi connectivity index (χ4v) is 10.8. The Morgan fingerprint density at radius 2 is 1.45 bits per heavy atom. The van der Waals surface area contributed by atoms with Crippen molar-refractivity contribution in [3.05, 3.63) is 168 Å². The van der Waals surface area contributed by atoms with Gasteiger partial charge in [-0.25, -0.2) is 4.98 Å². The quantitative estimate of drug-likeness (QED) is 0.117. The topological polar surface area (TPSA) is 69.6 Å². The van der Waals surface area contributed by atoms with Crippen molar-refractivity contribution in [2.24, 2.45) is 5.92 Å². The van der Waals surface area contributed by atoms with Gasteiger partial charge in [0, 0.05) is 54.0 Å². The maximum Gasteiger partial charge on any atom is 0.216 e. The second-order valence-electron chi connectivity index (χ2n) is 18.4. The average molecular weight is 1030 g/mol. The second kappa shape index (κ2) is 17.8. The van der Waals surface area contributed by atoms with Gasteiger partial charge < -0.3 is 14.0 Å². The number of furan rings is 1. The predicted molar refractivity (Wildman–Crippen MR) is 263 cm³/mol. The zero-order valence-corrected chi connectivity index (χ0v) is 40.7. The van der Waals surface area contributed by atoms with Gasteiger partial charge >= 0.3 is 0 Å². The minimum atomic E-state index is -1.36. The smallest absolute Gasteiger partial charge is 0.216 e. The van der Waals surface area contributed by atoms with Gasteiger partial charge in [-0.3, -0.25) is 9.97 Å². The summed E-state index contributed by atoms with van der Waals surface area (Å²) >= 11 is 0. The Morgan fingerprint density at radius 1 is 0.719 bits per heavy atom. The van der Waals surface area contributed by atoms with Crippen LogP contribution in [0.25, 0.3) is 83.6 Å². The van der Waals surface area contributed by atoms with E-state index < -0.39 is 8.07 Å². The molecule has 0 saturated heterocycles.